The van der Waals surface area contributed by atoms with E-state index in [1.54, 1.807) is 7.11 Å². The van der Waals surface area contributed by atoms with Gasteiger partial charge < -0.3 is 9.84 Å². The van der Waals surface area contributed by atoms with Crippen LogP contribution in [0.3, 0.4) is 0 Å². The molecule has 0 aromatic heterocycles. The van der Waals surface area contributed by atoms with Gasteiger partial charge in [0.05, 0.1) is 13.0 Å². The zero-order valence-electron chi connectivity index (χ0n) is 12.4. The van der Waals surface area contributed by atoms with Crippen molar-refractivity contribution in [3.05, 3.63) is 29.3 Å². The third kappa shape index (κ3) is 3.31. The third-order valence-electron chi connectivity index (χ3n) is 4.22. The second-order valence-corrected chi connectivity index (χ2v) is 5.69. The number of aryl methyl sites for hydroxylation is 1. The molecule has 1 fully saturated rings. The maximum atomic E-state index is 11.2. The Morgan fingerprint density at radius 2 is 2.20 bits per heavy atom. The van der Waals surface area contributed by atoms with Crippen molar-refractivity contribution in [1.29, 1.82) is 0 Å². The van der Waals surface area contributed by atoms with E-state index in [0.717, 1.165) is 30.7 Å². The van der Waals surface area contributed by atoms with Gasteiger partial charge in [0.1, 0.15) is 5.75 Å². The highest BCUT2D eigenvalue weighted by Crippen LogP contribution is 2.26. The van der Waals surface area contributed by atoms with Gasteiger partial charge in [0.25, 0.3) is 0 Å². The van der Waals surface area contributed by atoms with Crippen molar-refractivity contribution in [2.24, 2.45) is 5.92 Å². The first-order valence-electron chi connectivity index (χ1n) is 7.11. The smallest absolute Gasteiger partial charge is 0.307 e. The van der Waals surface area contributed by atoms with E-state index in [4.69, 9.17) is 4.74 Å². The Bertz CT molecular complexity index is 487. The summed E-state index contributed by atoms with van der Waals surface area (Å²) in [7, 11) is 1.68. The van der Waals surface area contributed by atoms with Crippen LogP contribution in [0.25, 0.3) is 0 Å². The molecule has 20 heavy (non-hydrogen) atoms. The molecule has 1 aliphatic rings. The molecule has 4 nitrogen and oxygen atoms in total. The number of nitrogens with zero attached hydrogens (tertiary/aromatic N) is 1. The maximum Gasteiger partial charge on any atom is 0.307 e. The van der Waals surface area contributed by atoms with Gasteiger partial charge in [-0.15, -0.1) is 0 Å². The molecule has 0 spiro atoms. The number of likely N-dealkylation sites (tertiary alicyclic amines) is 1. The van der Waals surface area contributed by atoms with Gasteiger partial charge in [-0.2, -0.15) is 0 Å². The molecule has 0 bridgehead atoms. The van der Waals surface area contributed by atoms with Gasteiger partial charge in [-0.1, -0.05) is 12.1 Å². The number of carboxylic acid groups (broad SMARTS) is 1. The van der Waals surface area contributed by atoms with Gasteiger partial charge in [-0.25, -0.2) is 0 Å². The second kappa shape index (κ2) is 6.27. The molecule has 1 N–H and O–H groups in total. The van der Waals surface area contributed by atoms with Crippen LogP contribution in [-0.2, 0) is 11.3 Å². The number of ether oxygens (including phenoxy) is 1. The summed E-state index contributed by atoms with van der Waals surface area (Å²) in [6, 6.07) is 6.62. The monoisotopic (exact) mass is 277 g/mol. The Hall–Kier alpha value is -1.55. The number of carbonyl (C=O) groups is 1. The Kier molecular flexibility index (Phi) is 4.65. The minimum absolute atomic E-state index is 0.237. The summed E-state index contributed by atoms with van der Waals surface area (Å²) in [4.78, 5) is 13.4. The van der Waals surface area contributed by atoms with Crippen molar-refractivity contribution in [3.8, 4) is 5.75 Å². The predicted molar refractivity (Wildman–Crippen MR) is 78.0 cm³/mol. The largest absolute Gasteiger partial charge is 0.496 e. The molecule has 1 saturated heterocycles. The summed E-state index contributed by atoms with van der Waals surface area (Å²) in [5.74, 6) is -0.0242. The van der Waals surface area contributed by atoms with Crippen molar-refractivity contribution in [1.82, 2.24) is 4.90 Å². The quantitative estimate of drug-likeness (QED) is 0.919. The molecule has 2 atom stereocenters. The first-order valence-corrected chi connectivity index (χ1v) is 7.11. The lowest BCUT2D eigenvalue weighted by Crippen LogP contribution is -2.43. The van der Waals surface area contributed by atoms with Crippen LogP contribution in [0.4, 0.5) is 0 Å². The highest BCUT2D eigenvalue weighted by atomic mass is 16.5. The minimum Gasteiger partial charge on any atom is -0.496 e. The van der Waals surface area contributed by atoms with Crippen LogP contribution in [0.5, 0.6) is 5.75 Å². The molecule has 1 aliphatic heterocycles. The fourth-order valence-corrected chi connectivity index (χ4v) is 2.80. The number of aliphatic carboxylic acids is 1. The number of hydrogen-bond acceptors (Lipinski definition) is 3. The van der Waals surface area contributed by atoms with Crippen LogP contribution in [0.1, 0.15) is 30.9 Å². The normalized spacial score (nSPS) is 23.6. The van der Waals surface area contributed by atoms with E-state index in [-0.39, 0.29) is 5.92 Å². The van der Waals surface area contributed by atoms with Crippen LogP contribution in [0, 0.1) is 12.8 Å². The molecule has 0 amide bonds. The van der Waals surface area contributed by atoms with Crippen LogP contribution < -0.4 is 4.74 Å². The first kappa shape index (κ1) is 14.9. The van der Waals surface area contributed by atoms with E-state index < -0.39 is 5.97 Å². The molecule has 2 rings (SSSR count). The Balaban J connectivity index is 2.09. The van der Waals surface area contributed by atoms with E-state index >= 15 is 0 Å². The van der Waals surface area contributed by atoms with Crippen molar-refractivity contribution < 1.29 is 14.6 Å². The lowest BCUT2D eigenvalue weighted by molar-refractivity contribution is -0.144. The van der Waals surface area contributed by atoms with E-state index in [9.17, 15) is 9.90 Å². The molecular weight excluding hydrogens is 254 g/mol. The molecule has 0 radical (unpaired) electrons. The maximum absolute atomic E-state index is 11.2. The summed E-state index contributed by atoms with van der Waals surface area (Å²) in [6.07, 6.45) is 1.73. The number of piperidine rings is 1. The summed E-state index contributed by atoms with van der Waals surface area (Å²) < 4.78 is 5.35. The standard InChI is InChI=1S/C16H23NO3/c1-11-4-6-13(8-15(11)20-3)9-17-10-14(16(18)19)7-5-12(17)2/h4,6,8,12,14H,5,7,9-10H2,1-3H3,(H,18,19). The van der Waals surface area contributed by atoms with E-state index in [1.165, 1.54) is 5.56 Å². The van der Waals surface area contributed by atoms with Gasteiger partial charge in [0, 0.05) is 19.1 Å². The average Bonchev–Trinajstić information content (AvgIpc) is 2.43. The zero-order chi connectivity index (χ0) is 14.7. The van der Waals surface area contributed by atoms with Crippen LogP contribution in [-0.4, -0.2) is 35.7 Å². The fraction of sp³-hybridized carbons (Fsp3) is 0.562. The molecule has 2 unspecified atom stereocenters. The number of hydrogen-bond donors (Lipinski definition) is 1. The number of benzene rings is 1. The number of rotatable bonds is 4. The molecule has 1 aromatic carbocycles. The molecule has 110 valence electrons. The Labute approximate surface area is 120 Å². The van der Waals surface area contributed by atoms with Crippen molar-refractivity contribution in [2.45, 2.75) is 39.3 Å². The Morgan fingerprint density at radius 1 is 1.45 bits per heavy atom. The van der Waals surface area contributed by atoms with Crippen LogP contribution in [0.15, 0.2) is 18.2 Å². The topological polar surface area (TPSA) is 49.8 Å². The van der Waals surface area contributed by atoms with Gasteiger partial charge >= 0.3 is 5.97 Å². The number of methoxy groups -OCH3 is 1. The van der Waals surface area contributed by atoms with Crippen molar-refractivity contribution >= 4 is 5.97 Å². The summed E-state index contributed by atoms with van der Waals surface area (Å²) in [5.41, 5.74) is 2.29. The lowest BCUT2D eigenvalue weighted by atomic mass is 9.93. The van der Waals surface area contributed by atoms with Crippen molar-refractivity contribution in [3.63, 3.8) is 0 Å². The number of carboxylic acids is 1. The predicted octanol–water partition coefficient (Wildman–Crippen LogP) is 2.69. The molecule has 0 saturated carbocycles. The summed E-state index contributed by atoms with van der Waals surface area (Å²) >= 11 is 0. The van der Waals surface area contributed by atoms with E-state index in [2.05, 4.69) is 24.0 Å². The molecular formula is C16H23NO3. The third-order valence-corrected chi connectivity index (χ3v) is 4.22. The zero-order valence-corrected chi connectivity index (χ0v) is 12.4. The van der Waals surface area contributed by atoms with Gasteiger partial charge in [0.15, 0.2) is 0 Å². The van der Waals surface area contributed by atoms with E-state index in [1.807, 2.05) is 13.0 Å². The molecule has 0 aliphatic carbocycles. The van der Waals surface area contributed by atoms with Crippen LogP contribution >= 0.6 is 0 Å². The highest BCUT2D eigenvalue weighted by molar-refractivity contribution is 5.70. The second-order valence-electron chi connectivity index (χ2n) is 5.69. The molecule has 1 heterocycles. The molecule has 4 heteroatoms. The van der Waals surface area contributed by atoms with Crippen molar-refractivity contribution in [2.75, 3.05) is 13.7 Å². The summed E-state index contributed by atoms with van der Waals surface area (Å²) in [5, 5.41) is 9.18. The summed E-state index contributed by atoms with van der Waals surface area (Å²) in [6.45, 7) is 5.60. The van der Waals surface area contributed by atoms with Gasteiger partial charge in [0.2, 0.25) is 0 Å². The molecule has 1 aromatic rings. The van der Waals surface area contributed by atoms with Crippen LogP contribution in [0.2, 0.25) is 0 Å². The first-order chi connectivity index (χ1) is 9.51. The van der Waals surface area contributed by atoms with Gasteiger partial charge in [-0.3, -0.25) is 9.69 Å². The van der Waals surface area contributed by atoms with Gasteiger partial charge in [-0.05, 0) is 43.9 Å². The highest BCUT2D eigenvalue weighted by Gasteiger charge is 2.29. The van der Waals surface area contributed by atoms with E-state index in [0.29, 0.717) is 12.6 Å². The Morgan fingerprint density at radius 3 is 2.85 bits per heavy atom. The lowest BCUT2D eigenvalue weighted by Gasteiger charge is -2.36. The average molecular weight is 277 g/mol. The minimum atomic E-state index is -0.677. The fourth-order valence-electron chi connectivity index (χ4n) is 2.80. The SMILES string of the molecule is COc1cc(CN2CC(C(=O)O)CCC2C)ccc1C.